The lowest BCUT2D eigenvalue weighted by atomic mass is 10.0. The standard InChI is InChI=1S/C19H19ClN6O/c20-16-8-4-3-6-14(16)11-21-17-22-18(25-27)24-19(23-17)26-10-9-13-5-1-2-7-15(13)12-26/h1-8,27H,9-12H2,(H2,21,22,23,24,25). The Morgan fingerprint density at radius 1 is 0.963 bits per heavy atom. The Morgan fingerprint density at radius 3 is 2.52 bits per heavy atom. The molecule has 2 heterocycles. The molecule has 27 heavy (non-hydrogen) atoms. The molecule has 0 saturated carbocycles. The van der Waals surface area contributed by atoms with Crippen molar-refractivity contribution in [3.05, 3.63) is 70.2 Å². The van der Waals surface area contributed by atoms with Gasteiger partial charge in [0, 0.05) is 24.7 Å². The van der Waals surface area contributed by atoms with E-state index >= 15 is 0 Å². The molecule has 0 amide bonds. The number of halogens is 1. The Hall–Kier alpha value is -2.90. The zero-order valence-corrected chi connectivity index (χ0v) is 15.3. The van der Waals surface area contributed by atoms with Crippen molar-refractivity contribution in [1.82, 2.24) is 15.0 Å². The number of anilines is 3. The van der Waals surface area contributed by atoms with Crippen molar-refractivity contribution in [3.63, 3.8) is 0 Å². The number of nitrogens with one attached hydrogen (secondary N) is 2. The van der Waals surface area contributed by atoms with Crippen LogP contribution < -0.4 is 15.7 Å². The third kappa shape index (κ3) is 3.94. The van der Waals surface area contributed by atoms with Crippen LogP contribution in [0.25, 0.3) is 0 Å². The Bertz CT molecular complexity index is 951. The fourth-order valence-electron chi connectivity index (χ4n) is 3.12. The summed E-state index contributed by atoms with van der Waals surface area (Å²) < 4.78 is 0. The van der Waals surface area contributed by atoms with E-state index < -0.39 is 0 Å². The quantitative estimate of drug-likeness (QED) is 0.582. The summed E-state index contributed by atoms with van der Waals surface area (Å²) in [6, 6.07) is 15.9. The van der Waals surface area contributed by atoms with Gasteiger partial charge >= 0.3 is 0 Å². The van der Waals surface area contributed by atoms with Crippen LogP contribution in [0.5, 0.6) is 0 Å². The summed E-state index contributed by atoms with van der Waals surface area (Å²) in [5.74, 6) is 0.980. The van der Waals surface area contributed by atoms with Gasteiger partial charge in [-0.15, -0.1) is 0 Å². The summed E-state index contributed by atoms with van der Waals surface area (Å²) in [6.07, 6.45) is 0.923. The molecule has 0 fully saturated rings. The van der Waals surface area contributed by atoms with Gasteiger partial charge in [0.15, 0.2) is 0 Å². The molecule has 0 unspecified atom stereocenters. The van der Waals surface area contributed by atoms with E-state index in [1.54, 1.807) is 0 Å². The molecular formula is C19H19ClN6O. The van der Waals surface area contributed by atoms with Gasteiger partial charge in [0.1, 0.15) is 0 Å². The van der Waals surface area contributed by atoms with Gasteiger partial charge in [-0.1, -0.05) is 54.1 Å². The normalized spacial score (nSPS) is 13.2. The highest BCUT2D eigenvalue weighted by Crippen LogP contribution is 2.23. The van der Waals surface area contributed by atoms with Gasteiger partial charge in [0.2, 0.25) is 11.9 Å². The minimum atomic E-state index is 0.0977. The second-order valence-corrected chi connectivity index (χ2v) is 6.69. The van der Waals surface area contributed by atoms with Crippen molar-refractivity contribution < 1.29 is 5.21 Å². The highest BCUT2D eigenvalue weighted by atomic mass is 35.5. The van der Waals surface area contributed by atoms with E-state index in [1.165, 1.54) is 11.1 Å². The predicted molar refractivity (Wildman–Crippen MR) is 105 cm³/mol. The molecule has 3 N–H and O–H groups in total. The van der Waals surface area contributed by atoms with Crippen molar-refractivity contribution >= 4 is 29.4 Å². The Kier molecular flexibility index (Phi) is 5.04. The molecule has 0 spiro atoms. The monoisotopic (exact) mass is 382 g/mol. The van der Waals surface area contributed by atoms with Gasteiger partial charge in [-0.05, 0) is 29.2 Å². The second kappa shape index (κ2) is 7.77. The highest BCUT2D eigenvalue weighted by Gasteiger charge is 2.19. The Labute approximate surface area is 162 Å². The minimum Gasteiger partial charge on any atom is -0.350 e. The Balaban J connectivity index is 1.55. The van der Waals surface area contributed by atoms with Crippen molar-refractivity contribution in [3.8, 4) is 0 Å². The van der Waals surface area contributed by atoms with Crippen LogP contribution in [0.15, 0.2) is 48.5 Å². The van der Waals surface area contributed by atoms with Crippen LogP contribution in [0.2, 0.25) is 5.02 Å². The summed E-state index contributed by atoms with van der Waals surface area (Å²) in [4.78, 5) is 15.1. The molecule has 0 bridgehead atoms. The molecule has 2 aromatic carbocycles. The molecule has 7 nitrogen and oxygen atoms in total. The fourth-order valence-corrected chi connectivity index (χ4v) is 3.32. The zero-order chi connectivity index (χ0) is 18.6. The molecule has 3 aromatic rings. The summed E-state index contributed by atoms with van der Waals surface area (Å²) in [5.41, 5.74) is 5.56. The van der Waals surface area contributed by atoms with E-state index in [1.807, 2.05) is 35.8 Å². The average Bonchev–Trinajstić information content (AvgIpc) is 2.72. The number of aromatic nitrogens is 3. The zero-order valence-electron chi connectivity index (χ0n) is 14.6. The van der Waals surface area contributed by atoms with Crippen molar-refractivity contribution in [2.24, 2.45) is 0 Å². The van der Waals surface area contributed by atoms with Crippen molar-refractivity contribution in [2.75, 3.05) is 22.2 Å². The number of rotatable bonds is 5. The van der Waals surface area contributed by atoms with E-state index in [4.69, 9.17) is 11.6 Å². The lowest BCUT2D eigenvalue weighted by Crippen LogP contribution is -2.32. The smallest absolute Gasteiger partial charge is 0.253 e. The lowest BCUT2D eigenvalue weighted by molar-refractivity contribution is 0.382. The van der Waals surface area contributed by atoms with Crippen LogP contribution in [0, 0.1) is 0 Å². The van der Waals surface area contributed by atoms with E-state index in [-0.39, 0.29) is 5.95 Å². The van der Waals surface area contributed by atoms with E-state index in [9.17, 15) is 5.21 Å². The van der Waals surface area contributed by atoms with Gasteiger partial charge in [0.05, 0.1) is 0 Å². The first kappa shape index (κ1) is 17.5. The molecule has 1 aliphatic heterocycles. The molecule has 1 aromatic heterocycles. The van der Waals surface area contributed by atoms with Gasteiger partial charge in [-0.2, -0.15) is 15.0 Å². The summed E-state index contributed by atoms with van der Waals surface area (Å²) in [6.45, 7) is 1.99. The second-order valence-electron chi connectivity index (χ2n) is 6.28. The molecular weight excluding hydrogens is 364 g/mol. The molecule has 0 radical (unpaired) electrons. The average molecular weight is 383 g/mol. The molecule has 4 rings (SSSR count). The van der Waals surface area contributed by atoms with Gasteiger partial charge < -0.3 is 10.2 Å². The van der Waals surface area contributed by atoms with E-state index in [2.05, 4.69) is 43.4 Å². The predicted octanol–water partition coefficient (Wildman–Crippen LogP) is 3.50. The third-order valence-electron chi connectivity index (χ3n) is 4.53. The van der Waals surface area contributed by atoms with Crippen molar-refractivity contribution in [2.45, 2.75) is 19.5 Å². The Morgan fingerprint density at radius 2 is 1.70 bits per heavy atom. The number of nitrogens with zero attached hydrogens (tertiary/aromatic N) is 4. The van der Waals surface area contributed by atoms with Crippen LogP contribution >= 0.6 is 11.6 Å². The van der Waals surface area contributed by atoms with Crippen LogP contribution in [-0.2, 0) is 19.5 Å². The van der Waals surface area contributed by atoms with Crippen LogP contribution in [0.3, 0.4) is 0 Å². The van der Waals surface area contributed by atoms with Crippen LogP contribution in [-0.4, -0.2) is 26.7 Å². The summed E-state index contributed by atoms with van der Waals surface area (Å²) in [7, 11) is 0. The molecule has 8 heteroatoms. The fraction of sp³-hybridized carbons (Fsp3) is 0.211. The van der Waals surface area contributed by atoms with Crippen molar-refractivity contribution in [1.29, 1.82) is 0 Å². The maximum Gasteiger partial charge on any atom is 0.253 e. The number of fused-ring (bicyclic) bond motifs is 1. The van der Waals surface area contributed by atoms with Gasteiger partial charge in [-0.25, -0.2) is 5.48 Å². The maximum atomic E-state index is 9.30. The highest BCUT2D eigenvalue weighted by molar-refractivity contribution is 6.31. The molecule has 1 aliphatic rings. The van der Waals surface area contributed by atoms with E-state index in [0.717, 1.165) is 25.1 Å². The number of hydrogen-bond donors (Lipinski definition) is 3. The molecule has 0 saturated heterocycles. The summed E-state index contributed by atoms with van der Waals surface area (Å²) >= 11 is 6.20. The maximum absolute atomic E-state index is 9.30. The minimum absolute atomic E-state index is 0.0977. The molecule has 0 aliphatic carbocycles. The largest absolute Gasteiger partial charge is 0.350 e. The number of benzene rings is 2. The lowest BCUT2D eigenvalue weighted by Gasteiger charge is -2.29. The SMILES string of the molecule is ONc1nc(NCc2ccccc2Cl)nc(N2CCc3ccccc3C2)n1. The third-order valence-corrected chi connectivity index (χ3v) is 4.90. The van der Waals surface area contributed by atoms with Crippen LogP contribution in [0.4, 0.5) is 17.8 Å². The first-order chi connectivity index (χ1) is 13.2. The molecule has 0 atom stereocenters. The molecule has 138 valence electrons. The number of hydrogen-bond acceptors (Lipinski definition) is 7. The first-order valence-corrected chi connectivity index (χ1v) is 9.06. The first-order valence-electron chi connectivity index (χ1n) is 8.68. The van der Waals surface area contributed by atoms with Crippen LogP contribution in [0.1, 0.15) is 16.7 Å². The van der Waals surface area contributed by atoms with Gasteiger partial charge in [-0.3, -0.25) is 5.21 Å². The van der Waals surface area contributed by atoms with Gasteiger partial charge in [0.25, 0.3) is 5.95 Å². The topological polar surface area (TPSA) is 86.2 Å². The van der Waals surface area contributed by atoms with E-state index in [0.29, 0.717) is 23.5 Å². The summed E-state index contributed by atoms with van der Waals surface area (Å²) in [5, 5.41) is 13.1.